The van der Waals surface area contributed by atoms with E-state index in [2.05, 4.69) is 5.32 Å². The Kier molecular flexibility index (Phi) is 5.82. The Balaban J connectivity index is 1.90. The number of thioether (sulfide) groups is 1. The fourth-order valence-electron chi connectivity index (χ4n) is 2.91. The van der Waals surface area contributed by atoms with E-state index in [4.69, 9.17) is 11.6 Å². The third-order valence-electron chi connectivity index (χ3n) is 4.22. The molecule has 2 aromatic rings. The summed E-state index contributed by atoms with van der Waals surface area (Å²) in [6.07, 6.45) is 2.11. The van der Waals surface area contributed by atoms with Crippen LogP contribution >= 0.6 is 23.4 Å². The SMILES string of the molecule is CSCC[C@@H](C(=O)Nc1cc(Cl)ccc1F)N1C(=O)c2ccccc2C1=O. The van der Waals surface area contributed by atoms with Crippen LogP contribution in [0.1, 0.15) is 27.1 Å². The lowest BCUT2D eigenvalue weighted by Gasteiger charge is -2.25. The quantitative estimate of drug-likeness (QED) is 0.740. The molecule has 0 aromatic heterocycles. The lowest BCUT2D eigenvalue weighted by molar-refractivity contribution is -0.120. The van der Waals surface area contributed by atoms with Gasteiger partial charge in [-0.1, -0.05) is 23.7 Å². The number of nitrogens with zero attached hydrogens (tertiary/aromatic N) is 1. The first-order chi connectivity index (χ1) is 12.9. The van der Waals surface area contributed by atoms with Crippen molar-refractivity contribution in [1.29, 1.82) is 0 Å². The average molecular weight is 407 g/mol. The van der Waals surface area contributed by atoms with Crippen LogP contribution in [-0.4, -0.2) is 40.7 Å². The van der Waals surface area contributed by atoms with Gasteiger partial charge in [-0.2, -0.15) is 11.8 Å². The number of rotatable bonds is 6. The van der Waals surface area contributed by atoms with Gasteiger partial charge in [-0.3, -0.25) is 19.3 Å². The molecule has 0 radical (unpaired) electrons. The Morgan fingerprint density at radius 2 is 1.81 bits per heavy atom. The molecule has 3 amide bonds. The van der Waals surface area contributed by atoms with E-state index in [0.29, 0.717) is 5.75 Å². The van der Waals surface area contributed by atoms with Gasteiger partial charge in [0, 0.05) is 5.02 Å². The molecule has 0 bridgehead atoms. The fraction of sp³-hybridized carbons (Fsp3) is 0.211. The highest BCUT2D eigenvalue weighted by atomic mass is 35.5. The molecule has 1 aliphatic rings. The van der Waals surface area contributed by atoms with Crippen LogP contribution in [0.5, 0.6) is 0 Å². The van der Waals surface area contributed by atoms with E-state index in [1.54, 1.807) is 24.3 Å². The number of carbonyl (C=O) groups is 3. The predicted molar refractivity (Wildman–Crippen MR) is 104 cm³/mol. The first kappa shape index (κ1) is 19.4. The minimum Gasteiger partial charge on any atom is -0.322 e. The van der Waals surface area contributed by atoms with Crippen molar-refractivity contribution in [1.82, 2.24) is 4.90 Å². The van der Waals surface area contributed by atoms with Gasteiger partial charge in [-0.25, -0.2) is 4.39 Å². The van der Waals surface area contributed by atoms with Gasteiger partial charge >= 0.3 is 0 Å². The monoisotopic (exact) mass is 406 g/mol. The molecule has 3 rings (SSSR count). The van der Waals surface area contributed by atoms with Gasteiger partial charge in [0.25, 0.3) is 11.8 Å². The number of amides is 3. The molecular formula is C19H16ClFN2O3S. The molecule has 8 heteroatoms. The minimum absolute atomic E-state index is 0.0988. The number of benzene rings is 2. The molecule has 1 aliphatic heterocycles. The van der Waals surface area contributed by atoms with Crippen LogP contribution in [0, 0.1) is 5.82 Å². The van der Waals surface area contributed by atoms with Gasteiger partial charge in [0.15, 0.2) is 0 Å². The summed E-state index contributed by atoms with van der Waals surface area (Å²) in [5.41, 5.74) is 0.426. The van der Waals surface area contributed by atoms with Crippen molar-refractivity contribution >= 4 is 46.8 Å². The number of carbonyl (C=O) groups excluding carboxylic acids is 3. The van der Waals surface area contributed by atoms with Gasteiger partial charge in [0.05, 0.1) is 16.8 Å². The summed E-state index contributed by atoms with van der Waals surface area (Å²) in [6, 6.07) is 9.15. The number of nitrogens with one attached hydrogen (secondary N) is 1. The van der Waals surface area contributed by atoms with Gasteiger partial charge in [-0.15, -0.1) is 0 Å². The molecule has 0 spiro atoms. The van der Waals surface area contributed by atoms with E-state index in [0.717, 1.165) is 11.0 Å². The largest absolute Gasteiger partial charge is 0.322 e. The van der Waals surface area contributed by atoms with E-state index in [9.17, 15) is 18.8 Å². The molecule has 5 nitrogen and oxygen atoms in total. The first-order valence-corrected chi connectivity index (χ1v) is 9.93. The van der Waals surface area contributed by atoms with Crippen molar-refractivity contribution in [2.45, 2.75) is 12.5 Å². The predicted octanol–water partition coefficient (Wildman–Crippen LogP) is 3.84. The van der Waals surface area contributed by atoms with Crippen LogP contribution in [0.4, 0.5) is 10.1 Å². The number of hydrogen-bond acceptors (Lipinski definition) is 4. The van der Waals surface area contributed by atoms with Crippen molar-refractivity contribution in [3.05, 3.63) is 64.4 Å². The Morgan fingerprint density at radius 3 is 2.41 bits per heavy atom. The van der Waals surface area contributed by atoms with Gasteiger partial charge < -0.3 is 5.32 Å². The van der Waals surface area contributed by atoms with Crippen LogP contribution in [0.25, 0.3) is 0 Å². The summed E-state index contributed by atoms with van der Waals surface area (Å²) in [5.74, 6) is -1.80. The maximum Gasteiger partial charge on any atom is 0.262 e. The highest BCUT2D eigenvalue weighted by molar-refractivity contribution is 7.98. The van der Waals surface area contributed by atoms with E-state index < -0.39 is 29.6 Å². The molecule has 1 heterocycles. The number of imide groups is 1. The molecule has 0 aliphatic carbocycles. The van der Waals surface area contributed by atoms with Crippen LogP contribution in [0.3, 0.4) is 0 Å². The van der Waals surface area contributed by atoms with Crippen molar-refractivity contribution in [3.8, 4) is 0 Å². The molecule has 140 valence electrons. The Morgan fingerprint density at radius 1 is 1.19 bits per heavy atom. The van der Waals surface area contributed by atoms with E-state index in [1.807, 2.05) is 6.26 Å². The second kappa shape index (κ2) is 8.10. The summed E-state index contributed by atoms with van der Waals surface area (Å²) in [6.45, 7) is 0. The summed E-state index contributed by atoms with van der Waals surface area (Å²) in [4.78, 5) is 39.2. The zero-order valence-electron chi connectivity index (χ0n) is 14.4. The molecule has 0 saturated carbocycles. The normalized spacial score (nSPS) is 14.3. The van der Waals surface area contributed by atoms with E-state index in [-0.39, 0.29) is 28.3 Å². The molecular weight excluding hydrogens is 391 g/mol. The van der Waals surface area contributed by atoms with Crippen molar-refractivity contribution in [2.75, 3.05) is 17.3 Å². The maximum atomic E-state index is 14.0. The first-order valence-electron chi connectivity index (χ1n) is 8.15. The molecule has 2 aromatic carbocycles. The molecule has 27 heavy (non-hydrogen) atoms. The second-order valence-corrected chi connectivity index (χ2v) is 7.36. The third kappa shape index (κ3) is 3.84. The highest BCUT2D eigenvalue weighted by Crippen LogP contribution is 2.27. The molecule has 0 saturated heterocycles. The Hall–Kier alpha value is -2.38. The van der Waals surface area contributed by atoms with Crippen molar-refractivity contribution < 1.29 is 18.8 Å². The lowest BCUT2D eigenvalue weighted by atomic mass is 10.1. The number of hydrogen-bond donors (Lipinski definition) is 1. The topological polar surface area (TPSA) is 66.5 Å². The van der Waals surface area contributed by atoms with Crippen LogP contribution < -0.4 is 5.32 Å². The van der Waals surface area contributed by atoms with E-state index >= 15 is 0 Å². The zero-order chi connectivity index (χ0) is 19.6. The molecule has 1 N–H and O–H groups in total. The summed E-state index contributed by atoms with van der Waals surface area (Å²) in [7, 11) is 0. The van der Waals surface area contributed by atoms with Gasteiger partial charge in [-0.05, 0) is 48.8 Å². The second-order valence-electron chi connectivity index (χ2n) is 5.94. The number of fused-ring (bicyclic) bond motifs is 1. The molecule has 0 unspecified atom stereocenters. The Labute approximate surface area is 164 Å². The van der Waals surface area contributed by atoms with E-state index in [1.165, 1.54) is 23.9 Å². The van der Waals surface area contributed by atoms with Crippen molar-refractivity contribution in [3.63, 3.8) is 0 Å². The Bertz CT molecular complexity index is 887. The third-order valence-corrected chi connectivity index (χ3v) is 5.10. The summed E-state index contributed by atoms with van der Waals surface area (Å²) < 4.78 is 14.0. The smallest absolute Gasteiger partial charge is 0.262 e. The highest BCUT2D eigenvalue weighted by Gasteiger charge is 2.42. The summed E-state index contributed by atoms with van der Waals surface area (Å²) >= 11 is 7.34. The maximum absolute atomic E-state index is 14.0. The average Bonchev–Trinajstić information content (AvgIpc) is 2.90. The fourth-order valence-corrected chi connectivity index (χ4v) is 3.54. The van der Waals surface area contributed by atoms with Crippen molar-refractivity contribution in [2.24, 2.45) is 0 Å². The summed E-state index contributed by atoms with van der Waals surface area (Å²) in [5, 5.41) is 2.71. The van der Waals surface area contributed by atoms with Crippen LogP contribution in [0.15, 0.2) is 42.5 Å². The standard InChI is InChI=1S/C19H16ClFN2O3S/c1-27-9-8-16(17(24)22-15-10-11(20)6-7-14(15)21)23-18(25)12-4-2-3-5-13(12)19(23)26/h2-7,10,16H,8-9H2,1H3,(H,22,24)/t16-/m0/s1. The van der Waals surface area contributed by atoms with Crippen LogP contribution in [0.2, 0.25) is 5.02 Å². The van der Waals surface area contributed by atoms with Gasteiger partial charge in [0.2, 0.25) is 5.91 Å². The van der Waals surface area contributed by atoms with Crippen LogP contribution in [-0.2, 0) is 4.79 Å². The minimum atomic E-state index is -1.05. The lowest BCUT2D eigenvalue weighted by Crippen LogP contribution is -2.47. The van der Waals surface area contributed by atoms with Gasteiger partial charge in [0.1, 0.15) is 11.9 Å². The number of anilines is 1. The molecule has 1 atom stereocenters. The zero-order valence-corrected chi connectivity index (χ0v) is 15.9. The number of halogens is 2. The molecule has 0 fully saturated rings.